The van der Waals surface area contributed by atoms with Gasteiger partial charge in [0.15, 0.2) is 6.10 Å². The van der Waals surface area contributed by atoms with E-state index in [1.54, 1.807) is 4.90 Å². The maximum atomic E-state index is 12.2. The van der Waals surface area contributed by atoms with Gasteiger partial charge in [-0.3, -0.25) is 9.69 Å². The summed E-state index contributed by atoms with van der Waals surface area (Å²) >= 11 is 0. The Balaban J connectivity index is 1.61. The van der Waals surface area contributed by atoms with Crippen molar-refractivity contribution in [2.75, 3.05) is 39.3 Å². The molecule has 0 aliphatic carbocycles. The van der Waals surface area contributed by atoms with Gasteiger partial charge in [0.2, 0.25) is 0 Å². The predicted molar refractivity (Wildman–Crippen MR) is 97.1 cm³/mol. The summed E-state index contributed by atoms with van der Waals surface area (Å²) in [6.07, 6.45) is 6.30. The number of ether oxygens (including phenoxy) is 1. The van der Waals surface area contributed by atoms with Gasteiger partial charge in [0.05, 0.1) is 13.1 Å². The molecule has 2 amide bonds. The first-order valence-electron chi connectivity index (χ1n) is 9.62. The summed E-state index contributed by atoms with van der Waals surface area (Å²) in [6, 6.07) is 0. The zero-order chi connectivity index (χ0) is 17.9. The Hall–Kier alpha value is -1.74. The van der Waals surface area contributed by atoms with Crippen molar-refractivity contribution in [3.8, 4) is 11.8 Å². The molecule has 6 nitrogen and oxygen atoms in total. The highest BCUT2D eigenvalue weighted by Gasteiger charge is 2.34. The summed E-state index contributed by atoms with van der Waals surface area (Å²) < 4.78 is 5.25. The molecule has 1 N–H and O–H groups in total. The number of carbonyl (C=O) groups excluding carboxylic acids is 2. The lowest BCUT2D eigenvalue weighted by Gasteiger charge is -2.14. The van der Waals surface area contributed by atoms with Gasteiger partial charge in [-0.1, -0.05) is 38.0 Å². The minimum Gasteiger partial charge on any atom is -0.436 e. The highest BCUT2D eigenvalue weighted by molar-refractivity contribution is 5.85. The topological polar surface area (TPSA) is 61.9 Å². The molecular weight excluding hydrogens is 318 g/mol. The molecule has 0 radical (unpaired) electrons. The van der Waals surface area contributed by atoms with E-state index >= 15 is 0 Å². The van der Waals surface area contributed by atoms with Crippen LogP contribution in [-0.2, 0) is 9.53 Å². The fraction of sp³-hybridized carbons (Fsp3) is 0.789. The highest BCUT2D eigenvalue weighted by Crippen LogP contribution is 2.14. The molecule has 2 aliphatic heterocycles. The Morgan fingerprint density at radius 1 is 1.16 bits per heavy atom. The number of nitrogens with zero attached hydrogens (tertiary/aromatic N) is 2. The SMILES string of the molecule is CCCCCCNC(=O)OC1CCN(CC#CCN2CCCC2)C1=O. The summed E-state index contributed by atoms with van der Waals surface area (Å²) in [5.74, 6) is 6.08. The maximum absolute atomic E-state index is 12.2. The van der Waals surface area contributed by atoms with Crippen LogP contribution in [0.4, 0.5) is 4.79 Å². The minimum atomic E-state index is -0.656. The summed E-state index contributed by atoms with van der Waals surface area (Å²) in [7, 11) is 0. The van der Waals surface area contributed by atoms with Crippen LogP contribution in [0, 0.1) is 11.8 Å². The van der Waals surface area contributed by atoms with E-state index in [0.29, 0.717) is 26.1 Å². The first-order valence-corrected chi connectivity index (χ1v) is 9.62. The molecular formula is C19H31N3O3. The number of unbranched alkanes of at least 4 members (excludes halogenated alkanes) is 3. The van der Waals surface area contributed by atoms with Crippen molar-refractivity contribution in [2.45, 2.75) is 58.0 Å². The van der Waals surface area contributed by atoms with E-state index in [1.807, 2.05) is 0 Å². The lowest BCUT2D eigenvalue weighted by atomic mass is 10.2. The number of hydrogen-bond donors (Lipinski definition) is 1. The van der Waals surface area contributed by atoms with E-state index in [0.717, 1.165) is 38.9 Å². The van der Waals surface area contributed by atoms with Gasteiger partial charge >= 0.3 is 6.09 Å². The van der Waals surface area contributed by atoms with Crippen LogP contribution >= 0.6 is 0 Å². The van der Waals surface area contributed by atoms with Crippen molar-refractivity contribution < 1.29 is 14.3 Å². The van der Waals surface area contributed by atoms with Crippen LogP contribution in [0.25, 0.3) is 0 Å². The molecule has 0 bridgehead atoms. The summed E-state index contributed by atoms with van der Waals surface area (Å²) in [5, 5.41) is 2.72. The Morgan fingerprint density at radius 3 is 2.68 bits per heavy atom. The smallest absolute Gasteiger partial charge is 0.407 e. The van der Waals surface area contributed by atoms with E-state index in [-0.39, 0.29) is 5.91 Å². The van der Waals surface area contributed by atoms with Gasteiger partial charge in [-0.25, -0.2) is 4.79 Å². The second-order valence-corrected chi connectivity index (χ2v) is 6.77. The van der Waals surface area contributed by atoms with Gasteiger partial charge < -0.3 is 15.0 Å². The number of amides is 2. The normalized spacial score (nSPS) is 20.4. The van der Waals surface area contributed by atoms with Crippen LogP contribution in [0.5, 0.6) is 0 Å². The zero-order valence-corrected chi connectivity index (χ0v) is 15.4. The van der Waals surface area contributed by atoms with Crippen LogP contribution in [0.15, 0.2) is 0 Å². The molecule has 0 saturated carbocycles. The Morgan fingerprint density at radius 2 is 1.92 bits per heavy atom. The van der Waals surface area contributed by atoms with Crippen molar-refractivity contribution >= 4 is 12.0 Å². The second kappa shape index (κ2) is 11.0. The number of nitrogens with one attached hydrogen (secondary N) is 1. The van der Waals surface area contributed by atoms with Gasteiger partial charge in [-0.2, -0.15) is 0 Å². The van der Waals surface area contributed by atoms with E-state index in [4.69, 9.17) is 4.74 Å². The molecule has 2 fully saturated rings. The van der Waals surface area contributed by atoms with Crippen molar-refractivity contribution in [1.82, 2.24) is 15.1 Å². The monoisotopic (exact) mass is 349 g/mol. The summed E-state index contributed by atoms with van der Waals surface area (Å²) in [5.41, 5.74) is 0. The van der Waals surface area contributed by atoms with Gasteiger partial charge in [0.1, 0.15) is 0 Å². The molecule has 2 heterocycles. The third kappa shape index (κ3) is 6.95. The predicted octanol–water partition coefficient (Wildman–Crippen LogP) is 1.99. The largest absolute Gasteiger partial charge is 0.436 e. The third-order valence-corrected chi connectivity index (χ3v) is 4.69. The standard InChI is InChI=1S/C19H31N3O3/c1-2-3-4-5-11-20-19(24)25-17-10-16-22(18(17)23)15-9-8-14-21-12-6-7-13-21/h17H,2-7,10-16H2,1H3,(H,20,24). The van der Waals surface area contributed by atoms with E-state index < -0.39 is 12.2 Å². The van der Waals surface area contributed by atoms with Crippen LogP contribution in [0.3, 0.4) is 0 Å². The minimum absolute atomic E-state index is 0.128. The molecule has 1 atom stereocenters. The number of rotatable bonds is 8. The lowest BCUT2D eigenvalue weighted by molar-refractivity contribution is -0.134. The van der Waals surface area contributed by atoms with Crippen LogP contribution in [0.2, 0.25) is 0 Å². The van der Waals surface area contributed by atoms with Crippen molar-refractivity contribution in [3.63, 3.8) is 0 Å². The molecule has 2 saturated heterocycles. The zero-order valence-electron chi connectivity index (χ0n) is 15.4. The van der Waals surface area contributed by atoms with Crippen molar-refractivity contribution in [1.29, 1.82) is 0 Å². The average molecular weight is 349 g/mol. The highest BCUT2D eigenvalue weighted by atomic mass is 16.6. The molecule has 1 unspecified atom stereocenters. The molecule has 2 rings (SSSR count). The van der Waals surface area contributed by atoms with Crippen LogP contribution in [0.1, 0.15) is 51.9 Å². The van der Waals surface area contributed by atoms with Crippen LogP contribution < -0.4 is 5.32 Å². The second-order valence-electron chi connectivity index (χ2n) is 6.77. The molecule has 25 heavy (non-hydrogen) atoms. The average Bonchev–Trinajstić information content (AvgIpc) is 3.23. The van der Waals surface area contributed by atoms with E-state index in [1.165, 1.54) is 19.3 Å². The van der Waals surface area contributed by atoms with Gasteiger partial charge in [-0.05, 0) is 32.4 Å². The Labute approximate surface area is 151 Å². The summed E-state index contributed by atoms with van der Waals surface area (Å²) in [4.78, 5) is 28.0. The van der Waals surface area contributed by atoms with Crippen molar-refractivity contribution in [2.24, 2.45) is 0 Å². The van der Waals surface area contributed by atoms with E-state index in [2.05, 4.69) is 29.0 Å². The first-order chi connectivity index (χ1) is 12.2. The molecule has 6 heteroatoms. The Kier molecular flexibility index (Phi) is 8.61. The fourth-order valence-corrected chi connectivity index (χ4v) is 3.15. The van der Waals surface area contributed by atoms with Crippen LogP contribution in [-0.4, -0.2) is 67.2 Å². The van der Waals surface area contributed by atoms with Crippen molar-refractivity contribution in [3.05, 3.63) is 0 Å². The molecule has 0 spiro atoms. The molecule has 0 aromatic rings. The lowest BCUT2D eigenvalue weighted by Crippen LogP contribution is -2.35. The Bertz CT molecular complexity index is 492. The fourth-order valence-electron chi connectivity index (χ4n) is 3.15. The number of carbonyl (C=O) groups is 2. The van der Waals surface area contributed by atoms with E-state index in [9.17, 15) is 9.59 Å². The third-order valence-electron chi connectivity index (χ3n) is 4.69. The maximum Gasteiger partial charge on any atom is 0.407 e. The number of alkyl carbamates (subject to hydrolysis) is 1. The molecule has 0 aromatic heterocycles. The number of hydrogen-bond acceptors (Lipinski definition) is 4. The first kappa shape index (κ1) is 19.6. The molecule has 140 valence electrons. The number of likely N-dealkylation sites (tertiary alicyclic amines) is 2. The van der Waals surface area contributed by atoms with Gasteiger partial charge in [-0.15, -0.1) is 0 Å². The van der Waals surface area contributed by atoms with Gasteiger partial charge in [0, 0.05) is 19.5 Å². The molecule has 2 aliphatic rings. The molecule has 0 aromatic carbocycles. The van der Waals surface area contributed by atoms with Gasteiger partial charge in [0.25, 0.3) is 5.91 Å². The quantitative estimate of drug-likeness (QED) is 0.538. The summed E-state index contributed by atoms with van der Waals surface area (Å²) in [6.45, 7) is 6.81.